The number of aryl methyl sites for hydroxylation is 2. The van der Waals surface area contributed by atoms with E-state index in [9.17, 15) is 4.79 Å². The minimum absolute atomic E-state index is 0.0495. The van der Waals surface area contributed by atoms with Gasteiger partial charge in [0.25, 0.3) is 0 Å². The molecule has 1 aromatic carbocycles. The molecule has 2 atom stereocenters. The fourth-order valence-corrected chi connectivity index (χ4v) is 2.57. The van der Waals surface area contributed by atoms with Gasteiger partial charge in [-0.25, -0.2) is 0 Å². The predicted octanol–water partition coefficient (Wildman–Crippen LogP) is 2.26. The Hall–Kier alpha value is -1.39. The number of benzene rings is 1. The zero-order valence-corrected chi connectivity index (χ0v) is 12.5. The number of hydrogen-bond acceptors (Lipinski definition) is 3. The summed E-state index contributed by atoms with van der Waals surface area (Å²) >= 11 is 0. The summed E-state index contributed by atoms with van der Waals surface area (Å²) in [5, 5.41) is 6.46. The van der Waals surface area contributed by atoms with Crippen LogP contribution in [0.5, 0.6) is 0 Å². The minimum Gasteiger partial charge on any atom is -0.379 e. The second-order valence-electron chi connectivity index (χ2n) is 5.46. The maximum atomic E-state index is 12.5. The summed E-state index contributed by atoms with van der Waals surface area (Å²) in [5.74, 6) is -0.0611. The van der Waals surface area contributed by atoms with E-state index in [-0.39, 0.29) is 17.9 Å². The van der Waals surface area contributed by atoms with E-state index in [1.807, 2.05) is 32.0 Å². The lowest BCUT2D eigenvalue weighted by atomic mass is 10.0. The summed E-state index contributed by atoms with van der Waals surface area (Å²) in [5.41, 5.74) is 3.12. The fraction of sp³-hybridized carbons (Fsp3) is 0.562. The van der Waals surface area contributed by atoms with E-state index in [4.69, 9.17) is 4.74 Å². The Morgan fingerprint density at radius 1 is 1.30 bits per heavy atom. The molecule has 0 aromatic heterocycles. The van der Waals surface area contributed by atoms with Crippen molar-refractivity contribution in [1.82, 2.24) is 5.32 Å². The minimum atomic E-state index is -0.111. The van der Waals surface area contributed by atoms with E-state index < -0.39 is 0 Å². The van der Waals surface area contributed by atoms with Crippen molar-refractivity contribution in [2.75, 3.05) is 25.1 Å². The van der Waals surface area contributed by atoms with Crippen LogP contribution in [0.2, 0.25) is 0 Å². The van der Waals surface area contributed by atoms with Gasteiger partial charge in [-0.05, 0) is 37.9 Å². The highest BCUT2D eigenvalue weighted by molar-refractivity contribution is 5.94. The Labute approximate surface area is 120 Å². The van der Waals surface area contributed by atoms with E-state index in [0.717, 1.165) is 29.8 Å². The van der Waals surface area contributed by atoms with Crippen LogP contribution in [-0.2, 0) is 9.53 Å². The van der Waals surface area contributed by atoms with Gasteiger partial charge in [0.05, 0.1) is 19.1 Å². The van der Waals surface area contributed by atoms with Gasteiger partial charge in [0.15, 0.2) is 0 Å². The number of carbonyl (C=O) groups excluding carboxylic acids is 1. The summed E-state index contributed by atoms with van der Waals surface area (Å²) in [6.45, 7) is 8.18. The third-order valence-corrected chi connectivity index (χ3v) is 3.80. The van der Waals surface area contributed by atoms with Crippen molar-refractivity contribution in [3.63, 3.8) is 0 Å². The third kappa shape index (κ3) is 3.38. The first-order valence-corrected chi connectivity index (χ1v) is 7.31. The summed E-state index contributed by atoms with van der Waals surface area (Å²) in [6, 6.07) is 6.16. The van der Waals surface area contributed by atoms with Crippen LogP contribution in [0.15, 0.2) is 18.2 Å². The Kier molecular flexibility index (Phi) is 5.15. The zero-order chi connectivity index (χ0) is 14.5. The largest absolute Gasteiger partial charge is 0.379 e. The molecule has 0 saturated carbocycles. The molecule has 4 nitrogen and oxygen atoms in total. The van der Waals surface area contributed by atoms with Gasteiger partial charge in [0, 0.05) is 11.7 Å². The number of anilines is 1. The average Bonchev–Trinajstić information content (AvgIpc) is 2.89. The van der Waals surface area contributed by atoms with Crippen molar-refractivity contribution in [2.45, 2.75) is 33.2 Å². The van der Waals surface area contributed by atoms with Gasteiger partial charge in [0.2, 0.25) is 5.91 Å². The molecule has 1 fully saturated rings. The van der Waals surface area contributed by atoms with Crippen LogP contribution >= 0.6 is 0 Å². The lowest BCUT2D eigenvalue weighted by Gasteiger charge is -2.19. The van der Waals surface area contributed by atoms with Gasteiger partial charge in [-0.3, -0.25) is 4.79 Å². The first-order valence-electron chi connectivity index (χ1n) is 7.31. The molecular formula is C16H24N2O2. The molecule has 0 aliphatic carbocycles. The van der Waals surface area contributed by atoms with Crippen molar-refractivity contribution in [3.8, 4) is 0 Å². The highest BCUT2D eigenvalue weighted by atomic mass is 16.5. The number of carbonyl (C=O) groups is 1. The third-order valence-electron chi connectivity index (χ3n) is 3.80. The van der Waals surface area contributed by atoms with Crippen LogP contribution in [0.25, 0.3) is 0 Å². The summed E-state index contributed by atoms with van der Waals surface area (Å²) in [4.78, 5) is 12.5. The van der Waals surface area contributed by atoms with Gasteiger partial charge in [-0.1, -0.05) is 25.1 Å². The smallest absolute Gasteiger partial charge is 0.231 e. The molecule has 1 heterocycles. The molecule has 2 rings (SSSR count). The van der Waals surface area contributed by atoms with E-state index in [2.05, 4.69) is 17.6 Å². The topological polar surface area (TPSA) is 50.4 Å². The summed E-state index contributed by atoms with van der Waals surface area (Å²) < 4.78 is 5.46. The first kappa shape index (κ1) is 15.0. The number of hydrogen-bond donors (Lipinski definition) is 2. The van der Waals surface area contributed by atoms with Crippen molar-refractivity contribution >= 4 is 11.6 Å². The number of amides is 1. The predicted molar refractivity (Wildman–Crippen MR) is 80.9 cm³/mol. The van der Waals surface area contributed by atoms with Crippen molar-refractivity contribution in [3.05, 3.63) is 29.3 Å². The number of para-hydroxylation sites is 1. The highest BCUT2D eigenvalue weighted by Gasteiger charge is 2.33. The standard InChI is InChI=1S/C16H24N2O2/c1-4-8-17-14-10-20-9-13(14)16(19)18-15-11(2)6-5-7-12(15)3/h5-7,13-14,17H,4,8-10H2,1-3H3,(H,18,19). The number of rotatable bonds is 5. The van der Waals surface area contributed by atoms with Crippen molar-refractivity contribution < 1.29 is 9.53 Å². The molecule has 110 valence electrons. The molecule has 1 amide bonds. The highest BCUT2D eigenvalue weighted by Crippen LogP contribution is 2.22. The fourth-order valence-electron chi connectivity index (χ4n) is 2.57. The van der Waals surface area contributed by atoms with Crippen molar-refractivity contribution in [1.29, 1.82) is 0 Å². The molecule has 1 aliphatic rings. The van der Waals surface area contributed by atoms with Gasteiger partial charge in [0.1, 0.15) is 0 Å². The molecule has 2 N–H and O–H groups in total. The molecule has 1 saturated heterocycles. The molecule has 0 radical (unpaired) electrons. The molecular weight excluding hydrogens is 252 g/mol. The Bertz CT molecular complexity index is 453. The van der Waals surface area contributed by atoms with Crippen LogP contribution in [0.3, 0.4) is 0 Å². The van der Waals surface area contributed by atoms with Gasteiger partial charge in [-0.15, -0.1) is 0 Å². The van der Waals surface area contributed by atoms with Gasteiger partial charge >= 0.3 is 0 Å². The number of nitrogens with one attached hydrogen (secondary N) is 2. The van der Waals surface area contributed by atoms with Gasteiger partial charge < -0.3 is 15.4 Å². The van der Waals surface area contributed by atoms with E-state index >= 15 is 0 Å². The van der Waals surface area contributed by atoms with Crippen LogP contribution in [0.4, 0.5) is 5.69 Å². The Morgan fingerprint density at radius 2 is 2.00 bits per heavy atom. The van der Waals surface area contributed by atoms with Crippen LogP contribution in [0, 0.1) is 19.8 Å². The normalized spacial score (nSPS) is 21.9. The van der Waals surface area contributed by atoms with Crippen molar-refractivity contribution in [2.24, 2.45) is 5.92 Å². The second kappa shape index (κ2) is 6.86. The maximum Gasteiger partial charge on any atom is 0.231 e. The lowest BCUT2D eigenvalue weighted by Crippen LogP contribution is -2.41. The SMILES string of the molecule is CCCNC1COCC1C(=O)Nc1c(C)cccc1C. The lowest BCUT2D eigenvalue weighted by molar-refractivity contribution is -0.120. The zero-order valence-electron chi connectivity index (χ0n) is 12.5. The second-order valence-corrected chi connectivity index (χ2v) is 5.46. The molecule has 0 spiro atoms. The molecule has 4 heteroatoms. The molecule has 1 aromatic rings. The molecule has 0 bridgehead atoms. The monoisotopic (exact) mass is 276 g/mol. The molecule has 1 aliphatic heterocycles. The maximum absolute atomic E-state index is 12.5. The quantitative estimate of drug-likeness (QED) is 0.867. The summed E-state index contributed by atoms with van der Waals surface area (Å²) in [7, 11) is 0. The van der Waals surface area contributed by atoms with Gasteiger partial charge in [-0.2, -0.15) is 0 Å². The molecule has 20 heavy (non-hydrogen) atoms. The van der Waals surface area contributed by atoms with E-state index in [1.165, 1.54) is 0 Å². The Morgan fingerprint density at radius 3 is 2.65 bits per heavy atom. The van der Waals surface area contributed by atoms with E-state index in [1.54, 1.807) is 0 Å². The Balaban J connectivity index is 2.04. The van der Waals surface area contributed by atoms with Crippen LogP contribution < -0.4 is 10.6 Å². The summed E-state index contributed by atoms with van der Waals surface area (Å²) in [6.07, 6.45) is 1.06. The van der Waals surface area contributed by atoms with Crippen LogP contribution in [0.1, 0.15) is 24.5 Å². The van der Waals surface area contributed by atoms with E-state index in [0.29, 0.717) is 13.2 Å². The first-order chi connectivity index (χ1) is 9.63. The average molecular weight is 276 g/mol. The number of ether oxygens (including phenoxy) is 1. The molecule has 2 unspecified atom stereocenters. The van der Waals surface area contributed by atoms with Crippen LogP contribution in [-0.4, -0.2) is 31.7 Å².